The minimum atomic E-state index is -0.102. The van der Waals surface area contributed by atoms with Crippen molar-refractivity contribution in [2.75, 3.05) is 26.9 Å². The minimum Gasteiger partial charge on any atom is -0.383 e. The Balaban J connectivity index is 2.40. The van der Waals surface area contributed by atoms with Gasteiger partial charge < -0.3 is 9.47 Å². The fraction of sp³-hybridized carbons (Fsp3) is 0.714. The van der Waals surface area contributed by atoms with Crippen LogP contribution in [0.1, 0.15) is 0 Å². The van der Waals surface area contributed by atoms with Crippen LogP contribution >= 0.6 is 0 Å². The van der Waals surface area contributed by atoms with Gasteiger partial charge in [-0.2, -0.15) is 0 Å². The van der Waals surface area contributed by atoms with E-state index >= 15 is 0 Å². The number of ether oxygens (including phenoxy) is 2. The van der Waals surface area contributed by atoms with Gasteiger partial charge in [-0.1, -0.05) is 5.92 Å². The zero-order valence-electron chi connectivity index (χ0n) is 5.52. The van der Waals surface area contributed by atoms with E-state index in [1.54, 1.807) is 7.11 Å². The highest BCUT2D eigenvalue weighted by atomic mass is 16.5. The van der Waals surface area contributed by atoms with Crippen LogP contribution in [-0.2, 0) is 9.47 Å². The smallest absolute Gasteiger partial charge is 0.101 e. The Morgan fingerprint density at radius 1 is 1.78 bits per heavy atom. The van der Waals surface area contributed by atoms with Crippen molar-refractivity contribution in [1.29, 1.82) is 0 Å². The maximum absolute atomic E-state index is 5.24. The van der Waals surface area contributed by atoms with E-state index in [1.807, 2.05) is 0 Å². The Morgan fingerprint density at radius 3 is 2.56 bits per heavy atom. The monoisotopic (exact) mass is 126 g/mol. The fourth-order valence-electron chi connectivity index (χ4n) is 0.833. The molecule has 0 spiro atoms. The van der Waals surface area contributed by atoms with Gasteiger partial charge in [0.1, 0.15) is 5.41 Å². The predicted molar refractivity (Wildman–Crippen MR) is 34.0 cm³/mol. The van der Waals surface area contributed by atoms with Gasteiger partial charge in [0.15, 0.2) is 0 Å². The topological polar surface area (TPSA) is 18.5 Å². The van der Waals surface area contributed by atoms with Gasteiger partial charge in [0.2, 0.25) is 0 Å². The van der Waals surface area contributed by atoms with Crippen molar-refractivity contribution >= 4 is 0 Å². The molecule has 1 heterocycles. The molecule has 2 heteroatoms. The van der Waals surface area contributed by atoms with Crippen molar-refractivity contribution < 1.29 is 9.47 Å². The molecule has 1 aliphatic heterocycles. The molecular weight excluding hydrogens is 116 g/mol. The van der Waals surface area contributed by atoms with Gasteiger partial charge in [-0.25, -0.2) is 0 Å². The highest BCUT2D eigenvalue weighted by Gasteiger charge is 2.36. The standard InChI is InChI=1S/C7H10O2/c1-3-7(4-8-2)5-9-6-7/h1H,4-6H2,2H3. The van der Waals surface area contributed by atoms with Crippen molar-refractivity contribution in [3.63, 3.8) is 0 Å². The molecule has 2 nitrogen and oxygen atoms in total. The molecule has 1 aliphatic rings. The van der Waals surface area contributed by atoms with Crippen molar-refractivity contribution in [1.82, 2.24) is 0 Å². The van der Waals surface area contributed by atoms with Crippen LogP contribution in [-0.4, -0.2) is 26.9 Å². The zero-order chi connectivity index (χ0) is 6.74. The molecule has 1 fully saturated rings. The SMILES string of the molecule is C#CC1(COC)COC1. The molecule has 1 rings (SSSR count). The van der Waals surface area contributed by atoms with Crippen molar-refractivity contribution in [3.05, 3.63) is 0 Å². The molecule has 1 saturated heterocycles. The molecule has 0 saturated carbocycles. The molecule has 0 N–H and O–H groups in total. The number of rotatable bonds is 2. The molecule has 0 radical (unpaired) electrons. The van der Waals surface area contributed by atoms with Crippen LogP contribution in [0.4, 0.5) is 0 Å². The second kappa shape index (κ2) is 2.38. The zero-order valence-corrected chi connectivity index (χ0v) is 5.52. The summed E-state index contributed by atoms with van der Waals surface area (Å²) < 4.78 is 9.88. The molecule has 0 aromatic rings. The van der Waals surface area contributed by atoms with Gasteiger partial charge in [0.25, 0.3) is 0 Å². The lowest BCUT2D eigenvalue weighted by Gasteiger charge is -2.35. The summed E-state index contributed by atoms with van der Waals surface area (Å²) in [5.74, 6) is 2.67. The van der Waals surface area contributed by atoms with E-state index in [-0.39, 0.29) is 5.41 Å². The van der Waals surface area contributed by atoms with Crippen molar-refractivity contribution in [2.24, 2.45) is 5.41 Å². The van der Waals surface area contributed by atoms with Gasteiger partial charge in [-0.3, -0.25) is 0 Å². The summed E-state index contributed by atoms with van der Waals surface area (Å²) in [5, 5.41) is 0. The van der Waals surface area contributed by atoms with E-state index in [0.29, 0.717) is 19.8 Å². The maximum atomic E-state index is 5.24. The summed E-state index contributed by atoms with van der Waals surface area (Å²) in [6, 6.07) is 0. The third-order valence-electron chi connectivity index (χ3n) is 1.48. The first-order valence-corrected chi connectivity index (χ1v) is 2.87. The van der Waals surface area contributed by atoms with Crippen LogP contribution in [0.15, 0.2) is 0 Å². The molecule has 0 unspecified atom stereocenters. The van der Waals surface area contributed by atoms with E-state index in [0.717, 1.165) is 0 Å². The van der Waals surface area contributed by atoms with Gasteiger partial charge in [0, 0.05) is 7.11 Å². The third-order valence-corrected chi connectivity index (χ3v) is 1.48. The van der Waals surface area contributed by atoms with Crippen LogP contribution in [0.2, 0.25) is 0 Å². The van der Waals surface area contributed by atoms with Crippen LogP contribution in [0.3, 0.4) is 0 Å². The van der Waals surface area contributed by atoms with Gasteiger partial charge in [-0.15, -0.1) is 6.42 Å². The summed E-state index contributed by atoms with van der Waals surface area (Å²) in [6.07, 6.45) is 5.24. The van der Waals surface area contributed by atoms with E-state index in [2.05, 4.69) is 5.92 Å². The van der Waals surface area contributed by atoms with Crippen LogP contribution < -0.4 is 0 Å². The van der Waals surface area contributed by atoms with Crippen molar-refractivity contribution in [2.45, 2.75) is 0 Å². The van der Waals surface area contributed by atoms with E-state index in [4.69, 9.17) is 15.9 Å². The Kier molecular flexibility index (Phi) is 1.75. The highest BCUT2D eigenvalue weighted by molar-refractivity contribution is 5.09. The van der Waals surface area contributed by atoms with Crippen LogP contribution in [0.5, 0.6) is 0 Å². The second-order valence-corrected chi connectivity index (χ2v) is 2.35. The Hall–Kier alpha value is -0.520. The van der Waals surface area contributed by atoms with E-state index in [9.17, 15) is 0 Å². The molecule has 0 bridgehead atoms. The van der Waals surface area contributed by atoms with Gasteiger partial charge in [0.05, 0.1) is 19.8 Å². The summed E-state index contributed by atoms with van der Waals surface area (Å²) >= 11 is 0. The number of hydrogen-bond donors (Lipinski definition) is 0. The lowest BCUT2D eigenvalue weighted by molar-refractivity contribution is -0.107. The second-order valence-electron chi connectivity index (χ2n) is 2.35. The molecule has 50 valence electrons. The molecule has 0 aromatic carbocycles. The normalized spacial score (nSPS) is 22.2. The van der Waals surface area contributed by atoms with E-state index in [1.165, 1.54) is 0 Å². The van der Waals surface area contributed by atoms with Gasteiger partial charge in [-0.05, 0) is 0 Å². The van der Waals surface area contributed by atoms with Crippen LogP contribution in [0, 0.1) is 17.8 Å². The summed E-state index contributed by atoms with van der Waals surface area (Å²) in [6.45, 7) is 1.91. The fourth-order valence-corrected chi connectivity index (χ4v) is 0.833. The highest BCUT2D eigenvalue weighted by Crippen LogP contribution is 2.25. The number of hydrogen-bond acceptors (Lipinski definition) is 2. The summed E-state index contributed by atoms with van der Waals surface area (Å²) in [5.41, 5.74) is -0.102. The first-order valence-electron chi connectivity index (χ1n) is 2.87. The molecule has 0 amide bonds. The quantitative estimate of drug-likeness (QED) is 0.495. The first kappa shape index (κ1) is 6.60. The predicted octanol–water partition coefficient (Wildman–Crippen LogP) is 0.283. The third kappa shape index (κ3) is 1.07. The maximum Gasteiger partial charge on any atom is 0.101 e. The molecular formula is C7H10O2. The average molecular weight is 126 g/mol. The Bertz CT molecular complexity index is 130. The molecule has 9 heavy (non-hydrogen) atoms. The van der Waals surface area contributed by atoms with Crippen LogP contribution in [0.25, 0.3) is 0 Å². The molecule has 0 aliphatic carbocycles. The Morgan fingerprint density at radius 2 is 2.44 bits per heavy atom. The van der Waals surface area contributed by atoms with E-state index < -0.39 is 0 Å². The minimum absolute atomic E-state index is 0.102. The lowest BCUT2D eigenvalue weighted by atomic mass is 9.88. The Labute approximate surface area is 55.1 Å². The number of terminal acetylenes is 1. The first-order chi connectivity index (χ1) is 4.33. The van der Waals surface area contributed by atoms with Gasteiger partial charge >= 0.3 is 0 Å². The molecule has 0 aromatic heterocycles. The summed E-state index contributed by atoms with van der Waals surface area (Å²) in [7, 11) is 1.65. The average Bonchev–Trinajstić information content (AvgIpc) is 1.79. The van der Waals surface area contributed by atoms with Crippen molar-refractivity contribution in [3.8, 4) is 12.3 Å². The molecule has 0 atom stereocenters. The lowest BCUT2D eigenvalue weighted by Crippen LogP contribution is -2.44. The summed E-state index contributed by atoms with van der Waals surface area (Å²) in [4.78, 5) is 0. The number of methoxy groups -OCH3 is 1. The largest absolute Gasteiger partial charge is 0.383 e.